The van der Waals surface area contributed by atoms with E-state index in [-0.39, 0.29) is 5.91 Å². The van der Waals surface area contributed by atoms with Crippen molar-refractivity contribution in [2.45, 2.75) is 13.0 Å². The summed E-state index contributed by atoms with van der Waals surface area (Å²) in [5.74, 6) is -0.767. The number of rotatable bonds is 4. The molecular weight excluding hydrogens is 266 g/mol. The highest BCUT2D eigenvalue weighted by Gasteiger charge is 2.16. The number of methoxy groups -OCH3 is 1. The Kier molecular flexibility index (Phi) is 4.72. The first-order chi connectivity index (χ1) is 10.1. The number of esters is 1. The first-order valence-electron chi connectivity index (χ1n) is 6.66. The van der Waals surface area contributed by atoms with Crippen LogP contribution in [0.3, 0.4) is 0 Å². The third-order valence-electron chi connectivity index (χ3n) is 3.16. The number of nitrogens with one attached hydrogen (secondary N) is 1. The largest absolute Gasteiger partial charge is 0.467 e. The summed E-state index contributed by atoms with van der Waals surface area (Å²) >= 11 is 0. The van der Waals surface area contributed by atoms with Crippen LogP contribution in [-0.4, -0.2) is 25.0 Å². The van der Waals surface area contributed by atoms with Gasteiger partial charge in [-0.1, -0.05) is 42.5 Å². The summed E-state index contributed by atoms with van der Waals surface area (Å²) in [4.78, 5) is 23.3. The van der Waals surface area contributed by atoms with Crippen LogP contribution in [0, 0.1) is 0 Å². The molecule has 0 aliphatic rings. The van der Waals surface area contributed by atoms with Crippen molar-refractivity contribution in [2.24, 2.45) is 0 Å². The Bertz CT molecular complexity index is 620. The van der Waals surface area contributed by atoms with Gasteiger partial charge in [-0.05, 0) is 30.2 Å². The fraction of sp³-hybridized carbons (Fsp3) is 0.176. The molecule has 2 aromatic carbocycles. The van der Waals surface area contributed by atoms with E-state index in [0.29, 0.717) is 5.56 Å². The summed E-state index contributed by atoms with van der Waals surface area (Å²) in [5.41, 5.74) is 2.63. The van der Waals surface area contributed by atoms with Crippen molar-refractivity contribution < 1.29 is 14.3 Å². The first-order valence-corrected chi connectivity index (χ1v) is 6.66. The maximum absolute atomic E-state index is 12.0. The Labute approximate surface area is 123 Å². The average Bonchev–Trinajstić information content (AvgIpc) is 2.55. The van der Waals surface area contributed by atoms with Crippen molar-refractivity contribution in [3.8, 4) is 11.1 Å². The topological polar surface area (TPSA) is 55.4 Å². The minimum atomic E-state index is -0.670. The Balaban J connectivity index is 2.09. The quantitative estimate of drug-likeness (QED) is 0.878. The van der Waals surface area contributed by atoms with Crippen molar-refractivity contribution in [1.82, 2.24) is 5.32 Å². The van der Waals surface area contributed by atoms with Gasteiger partial charge in [0, 0.05) is 5.56 Å². The van der Waals surface area contributed by atoms with E-state index in [1.807, 2.05) is 42.5 Å². The molecule has 1 amide bonds. The molecule has 1 atom stereocenters. The summed E-state index contributed by atoms with van der Waals surface area (Å²) in [6.07, 6.45) is 0. The van der Waals surface area contributed by atoms with Crippen LogP contribution in [-0.2, 0) is 9.53 Å². The minimum Gasteiger partial charge on any atom is -0.467 e. The average molecular weight is 283 g/mol. The number of ether oxygens (including phenoxy) is 1. The molecular formula is C17H17NO3. The van der Waals surface area contributed by atoms with Crippen molar-refractivity contribution in [3.63, 3.8) is 0 Å². The van der Waals surface area contributed by atoms with E-state index in [0.717, 1.165) is 11.1 Å². The highest BCUT2D eigenvalue weighted by molar-refractivity contribution is 5.97. The molecule has 1 unspecified atom stereocenters. The summed E-state index contributed by atoms with van der Waals surface area (Å²) in [7, 11) is 1.29. The molecule has 1 N–H and O–H groups in total. The molecule has 0 bridgehead atoms. The molecule has 2 rings (SSSR count). The number of hydrogen-bond acceptors (Lipinski definition) is 3. The number of carbonyl (C=O) groups excluding carboxylic acids is 2. The molecule has 0 aliphatic heterocycles. The third-order valence-corrected chi connectivity index (χ3v) is 3.16. The molecule has 2 aromatic rings. The summed E-state index contributed by atoms with van der Waals surface area (Å²) < 4.78 is 4.57. The van der Waals surface area contributed by atoms with E-state index in [1.165, 1.54) is 7.11 Å². The van der Waals surface area contributed by atoms with Gasteiger partial charge in [0.1, 0.15) is 6.04 Å². The van der Waals surface area contributed by atoms with Gasteiger partial charge in [0.15, 0.2) is 0 Å². The van der Waals surface area contributed by atoms with Crippen LogP contribution in [0.2, 0.25) is 0 Å². The Hall–Kier alpha value is -2.62. The van der Waals surface area contributed by atoms with Crippen molar-refractivity contribution in [1.29, 1.82) is 0 Å². The van der Waals surface area contributed by atoms with Gasteiger partial charge in [0.25, 0.3) is 5.91 Å². The molecule has 0 heterocycles. The second kappa shape index (κ2) is 6.70. The van der Waals surface area contributed by atoms with Crippen LogP contribution >= 0.6 is 0 Å². The van der Waals surface area contributed by atoms with Crippen LogP contribution in [0.1, 0.15) is 17.3 Å². The second-order valence-corrected chi connectivity index (χ2v) is 4.66. The van der Waals surface area contributed by atoms with E-state index in [9.17, 15) is 9.59 Å². The van der Waals surface area contributed by atoms with Crippen molar-refractivity contribution >= 4 is 11.9 Å². The standard InChI is InChI=1S/C17H17NO3/c1-12(17(20)21-2)18-16(19)15-10-8-14(9-11-15)13-6-4-3-5-7-13/h3-12H,1-2H3,(H,18,19). The van der Waals surface area contributed by atoms with Crippen LogP contribution < -0.4 is 5.32 Å². The fourth-order valence-corrected chi connectivity index (χ4v) is 1.96. The molecule has 0 saturated heterocycles. The Morgan fingerprint density at radius 2 is 1.52 bits per heavy atom. The number of hydrogen-bond donors (Lipinski definition) is 1. The van der Waals surface area contributed by atoms with E-state index in [2.05, 4.69) is 10.1 Å². The highest BCUT2D eigenvalue weighted by Crippen LogP contribution is 2.19. The van der Waals surface area contributed by atoms with Crippen molar-refractivity contribution in [2.75, 3.05) is 7.11 Å². The first kappa shape index (κ1) is 14.8. The SMILES string of the molecule is COC(=O)C(C)NC(=O)c1ccc(-c2ccccc2)cc1. The molecule has 0 radical (unpaired) electrons. The molecule has 0 aromatic heterocycles. The van der Waals surface area contributed by atoms with E-state index < -0.39 is 12.0 Å². The van der Waals surface area contributed by atoms with Crippen molar-refractivity contribution in [3.05, 3.63) is 60.2 Å². The van der Waals surface area contributed by atoms with Crippen LogP contribution in [0.5, 0.6) is 0 Å². The lowest BCUT2D eigenvalue weighted by Crippen LogP contribution is -2.39. The lowest BCUT2D eigenvalue weighted by atomic mass is 10.0. The molecule has 4 heteroatoms. The number of carbonyl (C=O) groups is 2. The van der Waals surface area contributed by atoms with Crippen LogP contribution in [0.25, 0.3) is 11.1 Å². The van der Waals surface area contributed by atoms with Crippen LogP contribution in [0.4, 0.5) is 0 Å². The van der Waals surface area contributed by atoms with Gasteiger partial charge in [-0.25, -0.2) is 4.79 Å². The van der Waals surface area contributed by atoms with Gasteiger partial charge < -0.3 is 10.1 Å². The molecule has 108 valence electrons. The number of amides is 1. The summed E-state index contributed by atoms with van der Waals surface area (Å²) in [5, 5.41) is 2.59. The molecule has 0 fully saturated rings. The second-order valence-electron chi connectivity index (χ2n) is 4.66. The maximum atomic E-state index is 12.0. The van der Waals surface area contributed by atoms with Crippen LogP contribution in [0.15, 0.2) is 54.6 Å². The molecule has 0 spiro atoms. The lowest BCUT2D eigenvalue weighted by molar-refractivity contribution is -0.142. The van der Waals surface area contributed by atoms with Gasteiger partial charge in [-0.3, -0.25) is 4.79 Å². The zero-order chi connectivity index (χ0) is 15.2. The molecule has 0 aliphatic carbocycles. The Morgan fingerprint density at radius 3 is 2.10 bits per heavy atom. The third kappa shape index (κ3) is 3.69. The van der Waals surface area contributed by atoms with Gasteiger partial charge in [-0.15, -0.1) is 0 Å². The highest BCUT2D eigenvalue weighted by atomic mass is 16.5. The van der Waals surface area contributed by atoms with E-state index >= 15 is 0 Å². The zero-order valence-electron chi connectivity index (χ0n) is 12.0. The van der Waals surface area contributed by atoms with Gasteiger partial charge in [-0.2, -0.15) is 0 Å². The molecule has 4 nitrogen and oxygen atoms in total. The normalized spacial score (nSPS) is 11.5. The lowest BCUT2D eigenvalue weighted by Gasteiger charge is -2.11. The summed E-state index contributed by atoms with van der Waals surface area (Å²) in [6, 6.07) is 16.5. The predicted octanol–water partition coefficient (Wildman–Crippen LogP) is 2.64. The van der Waals surface area contributed by atoms with E-state index in [1.54, 1.807) is 19.1 Å². The maximum Gasteiger partial charge on any atom is 0.328 e. The summed E-state index contributed by atoms with van der Waals surface area (Å²) in [6.45, 7) is 1.59. The van der Waals surface area contributed by atoms with Gasteiger partial charge in [0.2, 0.25) is 0 Å². The fourth-order valence-electron chi connectivity index (χ4n) is 1.96. The Morgan fingerprint density at radius 1 is 0.952 bits per heavy atom. The number of benzene rings is 2. The molecule has 0 saturated carbocycles. The predicted molar refractivity (Wildman–Crippen MR) is 80.8 cm³/mol. The zero-order valence-corrected chi connectivity index (χ0v) is 12.0. The monoisotopic (exact) mass is 283 g/mol. The van der Waals surface area contributed by atoms with Gasteiger partial charge >= 0.3 is 5.97 Å². The minimum absolute atomic E-state index is 0.299. The van der Waals surface area contributed by atoms with E-state index in [4.69, 9.17) is 0 Å². The van der Waals surface area contributed by atoms with Gasteiger partial charge in [0.05, 0.1) is 7.11 Å². The molecule has 21 heavy (non-hydrogen) atoms. The smallest absolute Gasteiger partial charge is 0.328 e.